The lowest BCUT2D eigenvalue weighted by atomic mass is 10.2. The Bertz CT molecular complexity index is 610. The Balaban J connectivity index is 2.30. The molecule has 0 spiro atoms. The quantitative estimate of drug-likeness (QED) is 0.817. The number of nitrogens with one attached hydrogen (secondary N) is 1. The van der Waals surface area contributed by atoms with Crippen molar-refractivity contribution in [1.29, 1.82) is 0 Å². The van der Waals surface area contributed by atoms with E-state index in [9.17, 15) is 9.90 Å². The summed E-state index contributed by atoms with van der Waals surface area (Å²) >= 11 is 17.2. The van der Waals surface area contributed by atoms with Crippen LogP contribution in [0, 0.1) is 0 Å². The highest BCUT2D eigenvalue weighted by molar-refractivity contribution is 6.36. The zero-order chi connectivity index (χ0) is 13.3. The molecule has 2 N–H and O–H groups in total. The Morgan fingerprint density at radius 3 is 2.61 bits per heavy atom. The second kappa shape index (κ2) is 5.10. The molecule has 1 aromatic heterocycles. The lowest BCUT2D eigenvalue weighted by molar-refractivity contribution is 0.102. The maximum Gasteiger partial charge on any atom is 0.260 e. The van der Waals surface area contributed by atoms with Gasteiger partial charge in [0.25, 0.3) is 5.91 Å². The van der Waals surface area contributed by atoms with E-state index in [1.165, 1.54) is 24.5 Å². The van der Waals surface area contributed by atoms with Crippen molar-refractivity contribution in [3.8, 4) is 5.75 Å². The van der Waals surface area contributed by atoms with Crippen molar-refractivity contribution in [2.45, 2.75) is 0 Å². The predicted octanol–water partition coefficient (Wildman–Crippen LogP) is 4.20. The highest BCUT2D eigenvalue weighted by Crippen LogP contribution is 2.35. The number of phenols is 1. The van der Waals surface area contributed by atoms with E-state index in [1.54, 1.807) is 0 Å². The van der Waals surface area contributed by atoms with Gasteiger partial charge in [-0.25, -0.2) is 0 Å². The average Bonchev–Trinajstić information content (AvgIpc) is 2.71. The van der Waals surface area contributed by atoms with Crippen LogP contribution < -0.4 is 5.32 Å². The first-order chi connectivity index (χ1) is 8.49. The van der Waals surface area contributed by atoms with E-state index in [4.69, 9.17) is 39.2 Å². The summed E-state index contributed by atoms with van der Waals surface area (Å²) in [4.78, 5) is 11.8. The number of anilines is 1. The van der Waals surface area contributed by atoms with Gasteiger partial charge in [-0.1, -0.05) is 23.2 Å². The smallest absolute Gasteiger partial charge is 0.260 e. The van der Waals surface area contributed by atoms with Crippen molar-refractivity contribution < 1.29 is 14.3 Å². The van der Waals surface area contributed by atoms with Gasteiger partial charge < -0.3 is 14.8 Å². The van der Waals surface area contributed by atoms with Gasteiger partial charge in [-0.05, 0) is 29.8 Å². The van der Waals surface area contributed by atoms with Gasteiger partial charge in [-0.2, -0.15) is 0 Å². The van der Waals surface area contributed by atoms with E-state index >= 15 is 0 Å². The Morgan fingerprint density at radius 2 is 2.00 bits per heavy atom. The van der Waals surface area contributed by atoms with Crippen molar-refractivity contribution in [3.63, 3.8) is 0 Å². The molecule has 2 rings (SSSR count). The number of carbonyl (C=O) groups excluding carboxylic acids is 1. The summed E-state index contributed by atoms with van der Waals surface area (Å²) in [6, 6.07) is 4.13. The van der Waals surface area contributed by atoms with Gasteiger partial charge in [0.2, 0.25) is 5.22 Å². The van der Waals surface area contributed by atoms with Crippen LogP contribution in [0.1, 0.15) is 10.4 Å². The molecule has 2 aromatic rings. The van der Waals surface area contributed by atoms with E-state index in [0.717, 1.165) is 0 Å². The summed E-state index contributed by atoms with van der Waals surface area (Å²) < 4.78 is 4.79. The van der Waals surface area contributed by atoms with Crippen molar-refractivity contribution in [2.24, 2.45) is 0 Å². The number of hydrogen-bond donors (Lipinski definition) is 2. The first-order valence-corrected chi connectivity index (χ1v) is 5.85. The van der Waals surface area contributed by atoms with Crippen LogP contribution in [0.25, 0.3) is 0 Å². The van der Waals surface area contributed by atoms with Gasteiger partial charge in [0, 0.05) is 5.02 Å². The fourth-order valence-corrected chi connectivity index (χ4v) is 2.00. The van der Waals surface area contributed by atoms with Crippen LogP contribution in [0.3, 0.4) is 0 Å². The molecule has 0 saturated carbocycles. The fourth-order valence-electron chi connectivity index (χ4n) is 1.31. The molecule has 0 aliphatic carbocycles. The largest absolute Gasteiger partial charge is 0.504 e. The Kier molecular flexibility index (Phi) is 3.71. The third kappa shape index (κ3) is 2.56. The lowest BCUT2D eigenvalue weighted by Gasteiger charge is -2.08. The zero-order valence-electron chi connectivity index (χ0n) is 8.71. The van der Waals surface area contributed by atoms with Crippen LogP contribution in [-0.2, 0) is 0 Å². The summed E-state index contributed by atoms with van der Waals surface area (Å²) in [6.07, 6.45) is 1.28. The number of phenolic OH excluding ortho intramolecular Hbond substituents is 1. The monoisotopic (exact) mass is 305 g/mol. The number of carbonyl (C=O) groups is 1. The van der Waals surface area contributed by atoms with Gasteiger partial charge in [0.15, 0.2) is 5.75 Å². The molecular weight excluding hydrogens is 300 g/mol. The summed E-state index contributed by atoms with van der Waals surface area (Å²) in [5.74, 6) is -0.809. The van der Waals surface area contributed by atoms with Crippen LogP contribution in [0.2, 0.25) is 15.3 Å². The molecule has 0 atom stereocenters. The molecule has 0 fully saturated rings. The molecular formula is C11H6Cl3NO3. The van der Waals surface area contributed by atoms with E-state index < -0.39 is 5.91 Å². The maximum atomic E-state index is 11.8. The van der Waals surface area contributed by atoms with Gasteiger partial charge in [-0.15, -0.1) is 0 Å². The minimum Gasteiger partial charge on any atom is -0.504 e. The highest BCUT2D eigenvalue weighted by atomic mass is 35.5. The summed E-state index contributed by atoms with van der Waals surface area (Å²) in [5, 5.41) is 12.4. The standard InChI is InChI=1S/C11H6Cl3NO3/c12-5-3-7(13)9(16)8(4-5)15-11(17)6-1-2-18-10(6)14/h1-4,16H,(H,15,17). The molecule has 0 bridgehead atoms. The average molecular weight is 307 g/mol. The maximum absolute atomic E-state index is 11.8. The topological polar surface area (TPSA) is 62.5 Å². The normalized spacial score (nSPS) is 10.4. The first kappa shape index (κ1) is 13.1. The van der Waals surface area contributed by atoms with Crippen LogP contribution >= 0.6 is 34.8 Å². The van der Waals surface area contributed by atoms with Crippen LogP contribution in [-0.4, -0.2) is 11.0 Å². The molecule has 0 radical (unpaired) electrons. The Hall–Kier alpha value is -1.36. The minimum absolute atomic E-state index is 0.0380. The van der Waals surface area contributed by atoms with Crippen LogP contribution in [0.5, 0.6) is 5.75 Å². The van der Waals surface area contributed by atoms with Crippen molar-refractivity contribution in [1.82, 2.24) is 0 Å². The predicted molar refractivity (Wildman–Crippen MR) is 69.8 cm³/mol. The third-order valence-electron chi connectivity index (χ3n) is 2.14. The van der Waals surface area contributed by atoms with E-state index in [2.05, 4.69) is 5.32 Å². The minimum atomic E-state index is -0.539. The number of amides is 1. The number of aromatic hydroxyl groups is 1. The highest BCUT2D eigenvalue weighted by Gasteiger charge is 2.16. The SMILES string of the molecule is O=C(Nc1cc(Cl)cc(Cl)c1O)c1ccoc1Cl. The first-order valence-electron chi connectivity index (χ1n) is 4.71. The summed E-state index contributed by atoms with van der Waals surface area (Å²) in [7, 11) is 0. The van der Waals surface area contributed by atoms with Crippen LogP contribution in [0.4, 0.5) is 5.69 Å². The van der Waals surface area contributed by atoms with E-state index in [1.807, 2.05) is 0 Å². The molecule has 0 aliphatic heterocycles. The molecule has 18 heavy (non-hydrogen) atoms. The van der Waals surface area contributed by atoms with Crippen LogP contribution in [0.15, 0.2) is 28.9 Å². The Labute approximate surface area is 117 Å². The van der Waals surface area contributed by atoms with Gasteiger partial charge >= 0.3 is 0 Å². The fraction of sp³-hybridized carbons (Fsp3) is 0. The molecule has 1 heterocycles. The number of furan rings is 1. The number of benzene rings is 1. The van der Waals surface area contributed by atoms with Gasteiger partial charge in [-0.3, -0.25) is 4.79 Å². The number of rotatable bonds is 2. The van der Waals surface area contributed by atoms with Gasteiger partial charge in [0.1, 0.15) is 0 Å². The third-order valence-corrected chi connectivity index (χ3v) is 2.94. The van der Waals surface area contributed by atoms with Crippen molar-refractivity contribution in [3.05, 3.63) is 45.3 Å². The zero-order valence-corrected chi connectivity index (χ0v) is 11.0. The molecule has 0 unspecified atom stereocenters. The molecule has 94 valence electrons. The molecule has 0 aliphatic rings. The second-order valence-electron chi connectivity index (χ2n) is 3.35. The summed E-state index contributed by atoms with van der Waals surface area (Å²) in [6.45, 7) is 0. The molecule has 0 saturated heterocycles. The van der Waals surface area contributed by atoms with Crippen molar-refractivity contribution >= 4 is 46.4 Å². The molecule has 1 amide bonds. The van der Waals surface area contributed by atoms with E-state index in [-0.39, 0.29) is 32.3 Å². The molecule has 1 aromatic carbocycles. The van der Waals surface area contributed by atoms with E-state index in [0.29, 0.717) is 0 Å². The van der Waals surface area contributed by atoms with Crippen molar-refractivity contribution in [2.75, 3.05) is 5.32 Å². The summed E-state index contributed by atoms with van der Waals surface area (Å²) in [5.41, 5.74) is 0.238. The second-order valence-corrected chi connectivity index (χ2v) is 4.53. The molecule has 7 heteroatoms. The molecule has 4 nitrogen and oxygen atoms in total. The van der Waals surface area contributed by atoms with Gasteiger partial charge in [0.05, 0.1) is 22.5 Å². The number of hydrogen-bond acceptors (Lipinski definition) is 3. The number of halogens is 3. The Morgan fingerprint density at radius 1 is 1.28 bits per heavy atom. The lowest BCUT2D eigenvalue weighted by Crippen LogP contribution is -2.11.